The molecule has 0 saturated carbocycles. The molecule has 1 heterocycles. The maximum absolute atomic E-state index is 12.3. The van der Waals surface area contributed by atoms with E-state index in [1.165, 1.54) is 20.1 Å². The zero-order valence-electron chi connectivity index (χ0n) is 13.6. The number of hydrogen-bond donors (Lipinski definition) is 2. The van der Waals surface area contributed by atoms with E-state index in [4.69, 9.17) is 9.47 Å². The van der Waals surface area contributed by atoms with Gasteiger partial charge in [0.05, 0.1) is 19.4 Å². The van der Waals surface area contributed by atoms with Crippen LogP contribution in [0.1, 0.15) is 24.3 Å². The summed E-state index contributed by atoms with van der Waals surface area (Å²) in [4.78, 5) is 23.4. The molecule has 2 N–H and O–H groups in total. The molecule has 0 bridgehead atoms. The van der Waals surface area contributed by atoms with Crippen molar-refractivity contribution in [2.75, 3.05) is 24.4 Å². The molecule has 8 heteroatoms. The molecule has 1 aromatic heterocycles. The van der Waals surface area contributed by atoms with Gasteiger partial charge < -0.3 is 20.1 Å². The summed E-state index contributed by atoms with van der Waals surface area (Å²) in [6, 6.07) is 7.99. The molecule has 24 heavy (non-hydrogen) atoms. The van der Waals surface area contributed by atoms with Crippen molar-refractivity contribution in [2.24, 2.45) is 0 Å². The smallest absolute Gasteiger partial charge is 0.276 e. The number of carbonyl (C=O) groups is 2. The molecule has 0 spiro atoms. The van der Waals surface area contributed by atoms with Gasteiger partial charge in [-0.1, -0.05) is 0 Å². The molecular formula is C16H18N4O4. The molecule has 0 atom stereocenters. The highest BCUT2D eigenvalue weighted by Crippen LogP contribution is 2.28. The second-order valence-electron chi connectivity index (χ2n) is 4.74. The zero-order valence-corrected chi connectivity index (χ0v) is 13.6. The van der Waals surface area contributed by atoms with E-state index in [9.17, 15) is 9.59 Å². The summed E-state index contributed by atoms with van der Waals surface area (Å²) < 4.78 is 10.4. The topological polar surface area (TPSA) is 102 Å². The molecule has 2 rings (SSSR count). The Balaban J connectivity index is 2.18. The SMILES string of the molecule is CCOc1ccc(C(=O)Nc2cc(NC(C)=O)ccc2OC)nn1. The maximum Gasteiger partial charge on any atom is 0.276 e. The number of nitrogens with zero attached hydrogens (tertiary/aromatic N) is 2. The fraction of sp³-hybridized carbons (Fsp3) is 0.250. The van der Waals surface area contributed by atoms with Crippen LogP contribution in [0, 0.1) is 0 Å². The van der Waals surface area contributed by atoms with Crippen LogP contribution in [0.25, 0.3) is 0 Å². The second kappa shape index (κ2) is 7.91. The van der Waals surface area contributed by atoms with Gasteiger partial charge in [0.1, 0.15) is 5.75 Å². The predicted octanol–water partition coefficient (Wildman–Crippen LogP) is 2.09. The minimum Gasteiger partial charge on any atom is -0.495 e. The number of amides is 2. The molecule has 0 saturated heterocycles. The van der Waals surface area contributed by atoms with Crippen LogP contribution in [0.3, 0.4) is 0 Å². The molecule has 0 unspecified atom stereocenters. The van der Waals surface area contributed by atoms with Crippen LogP contribution in [-0.2, 0) is 4.79 Å². The van der Waals surface area contributed by atoms with Crippen LogP contribution >= 0.6 is 0 Å². The van der Waals surface area contributed by atoms with Gasteiger partial charge in [-0.15, -0.1) is 10.2 Å². The number of nitrogens with one attached hydrogen (secondary N) is 2. The number of hydrogen-bond acceptors (Lipinski definition) is 6. The van der Waals surface area contributed by atoms with Crippen molar-refractivity contribution >= 4 is 23.2 Å². The lowest BCUT2D eigenvalue weighted by Gasteiger charge is -2.12. The van der Waals surface area contributed by atoms with Gasteiger partial charge in [-0.05, 0) is 31.2 Å². The fourth-order valence-corrected chi connectivity index (χ4v) is 1.94. The van der Waals surface area contributed by atoms with Crippen molar-refractivity contribution in [1.82, 2.24) is 10.2 Å². The van der Waals surface area contributed by atoms with Gasteiger partial charge in [0.15, 0.2) is 5.69 Å². The molecule has 0 aliphatic carbocycles. The van der Waals surface area contributed by atoms with Gasteiger partial charge in [-0.3, -0.25) is 9.59 Å². The number of anilines is 2. The fourth-order valence-electron chi connectivity index (χ4n) is 1.94. The van der Waals surface area contributed by atoms with E-state index >= 15 is 0 Å². The summed E-state index contributed by atoms with van der Waals surface area (Å²) in [5.74, 6) is 0.134. The van der Waals surface area contributed by atoms with E-state index in [1.54, 1.807) is 24.3 Å². The minimum absolute atomic E-state index is 0.130. The number of rotatable bonds is 6. The Kier molecular flexibility index (Phi) is 5.67. The third kappa shape index (κ3) is 4.42. The lowest BCUT2D eigenvalue weighted by molar-refractivity contribution is -0.114. The van der Waals surface area contributed by atoms with Crippen LogP contribution in [0.2, 0.25) is 0 Å². The van der Waals surface area contributed by atoms with E-state index < -0.39 is 5.91 Å². The summed E-state index contributed by atoms with van der Waals surface area (Å²) in [6.07, 6.45) is 0. The van der Waals surface area contributed by atoms with Gasteiger partial charge in [-0.2, -0.15) is 0 Å². The number of ether oxygens (including phenoxy) is 2. The Labute approximate surface area is 139 Å². The minimum atomic E-state index is -0.455. The van der Waals surface area contributed by atoms with Crippen molar-refractivity contribution in [3.63, 3.8) is 0 Å². The average molecular weight is 330 g/mol. The lowest BCUT2D eigenvalue weighted by Crippen LogP contribution is -2.15. The summed E-state index contributed by atoms with van der Waals surface area (Å²) in [5.41, 5.74) is 1.08. The molecule has 126 valence electrons. The largest absolute Gasteiger partial charge is 0.495 e. The van der Waals surface area contributed by atoms with E-state index in [0.717, 1.165) is 0 Å². The van der Waals surface area contributed by atoms with Crippen molar-refractivity contribution in [3.05, 3.63) is 36.0 Å². The Morgan fingerprint density at radius 1 is 1.12 bits per heavy atom. The van der Waals surface area contributed by atoms with Gasteiger partial charge >= 0.3 is 0 Å². The monoisotopic (exact) mass is 330 g/mol. The van der Waals surface area contributed by atoms with E-state index in [-0.39, 0.29) is 11.6 Å². The molecule has 2 amide bonds. The van der Waals surface area contributed by atoms with Crippen LogP contribution < -0.4 is 20.1 Å². The van der Waals surface area contributed by atoms with Crippen LogP contribution in [0.15, 0.2) is 30.3 Å². The second-order valence-corrected chi connectivity index (χ2v) is 4.74. The van der Waals surface area contributed by atoms with Crippen molar-refractivity contribution in [2.45, 2.75) is 13.8 Å². The van der Waals surface area contributed by atoms with Crippen molar-refractivity contribution in [3.8, 4) is 11.6 Å². The van der Waals surface area contributed by atoms with Gasteiger partial charge in [0, 0.05) is 18.7 Å². The van der Waals surface area contributed by atoms with Gasteiger partial charge in [-0.25, -0.2) is 0 Å². The van der Waals surface area contributed by atoms with Crippen molar-refractivity contribution in [1.29, 1.82) is 0 Å². The Hall–Kier alpha value is -3.16. The molecule has 0 aliphatic heterocycles. The standard InChI is InChI=1S/C16H18N4O4/c1-4-24-15-8-6-12(19-20-15)16(22)18-13-9-11(17-10(2)21)5-7-14(13)23-3/h5-9H,4H2,1-3H3,(H,17,21)(H,18,22). The van der Waals surface area contributed by atoms with E-state index in [1.807, 2.05) is 6.92 Å². The first-order valence-electron chi connectivity index (χ1n) is 7.27. The molecule has 0 radical (unpaired) electrons. The first-order valence-corrected chi connectivity index (χ1v) is 7.27. The van der Waals surface area contributed by atoms with Gasteiger partial charge in [0.2, 0.25) is 11.8 Å². The Morgan fingerprint density at radius 3 is 2.50 bits per heavy atom. The maximum atomic E-state index is 12.3. The molecule has 0 aliphatic rings. The molecule has 8 nitrogen and oxygen atoms in total. The molecule has 1 aromatic carbocycles. The average Bonchev–Trinajstić information content (AvgIpc) is 2.55. The zero-order chi connectivity index (χ0) is 17.5. The summed E-state index contributed by atoms with van der Waals surface area (Å²) in [6.45, 7) is 3.70. The summed E-state index contributed by atoms with van der Waals surface area (Å²) >= 11 is 0. The van der Waals surface area contributed by atoms with Crippen LogP contribution in [0.5, 0.6) is 11.6 Å². The third-order valence-electron chi connectivity index (χ3n) is 2.93. The lowest BCUT2D eigenvalue weighted by atomic mass is 10.2. The first-order chi connectivity index (χ1) is 11.5. The normalized spacial score (nSPS) is 9.96. The Morgan fingerprint density at radius 2 is 1.92 bits per heavy atom. The van der Waals surface area contributed by atoms with Crippen LogP contribution in [-0.4, -0.2) is 35.7 Å². The number of benzene rings is 1. The quantitative estimate of drug-likeness (QED) is 0.841. The van der Waals surface area contributed by atoms with Crippen LogP contribution in [0.4, 0.5) is 11.4 Å². The Bertz CT molecular complexity index is 731. The summed E-state index contributed by atoms with van der Waals surface area (Å²) in [5, 5.41) is 13.0. The highest BCUT2D eigenvalue weighted by atomic mass is 16.5. The molecular weight excluding hydrogens is 312 g/mol. The molecule has 2 aromatic rings. The van der Waals surface area contributed by atoms with Gasteiger partial charge in [0.25, 0.3) is 5.91 Å². The number of aromatic nitrogens is 2. The highest BCUT2D eigenvalue weighted by Gasteiger charge is 2.13. The van der Waals surface area contributed by atoms with E-state index in [2.05, 4.69) is 20.8 Å². The van der Waals surface area contributed by atoms with Crippen molar-refractivity contribution < 1.29 is 19.1 Å². The number of methoxy groups -OCH3 is 1. The predicted molar refractivity (Wildman–Crippen MR) is 88.5 cm³/mol. The highest BCUT2D eigenvalue weighted by molar-refractivity contribution is 6.04. The van der Waals surface area contributed by atoms with E-state index in [0.29, 0.717) is 29.6 Å². The third-order valence-corrected chi connectivity index (χ3v) is 2.93. The summed E-state index contributed by atoms with van der Waals surface area (Å²) in [7, 11) is 1.49. The molecule has 0 fully saturated rings. The number of carbonyl (C=O) groups excluding carboxylic acids is 2. The first kappa shape index (κ1) is 17.2.